The van der Waals surface area contributed by atoms with E-state index in [-0.39, 0.29) is 6.04 Å². The van der Waals surface area contributed by atoms with E-state index in [1.807, 2.05) is 52.9 Å². The van der Waals surface area contributed by atoms with Gasteiger partial charge >= 0.3 is 0 Å². The molecule has 1 aliphatic carbocycles. The second-order valence-electron chi connectivity index (χ2n) is 7.55. The lowest BCUT2D eigenvalue weighted by molar-refractivity contribution is 0.262. The van der Waals surface area contributed by atoms with Gasteiger partial charge in [-0.25, -0.2) is 19.5 Å². The highest BCUT2D eigenvalue weighted by Gasteiger charge is 2.35. The van der Waals surface area contributed by atoms with E-state index in [0.29, 0.717) is 11.6 Å². The van der Waals surface area contributed by atoms with Crippen LogP contribution in [-0.4, -0.2) is 35.0 Å². The third-order valence-corrected chi connectivity index (χ3v) is 5.65. The maximum absolute atomic E-state index is 6.60. The predicted molar refractivity (Wildman–Crippen MR) is 102 cm³/mol. The zero-order chi connectivity index (χ0) is 18.6. The van der Waals surface area contributed by atoms with Crippen LogP contribution in [0.5, 0.6) is 0 Å². The molecule has 138 valence electrons. The van der Waals surface area contributed by atoms with E-state index < -0.39 is 5.54 Å². The molecular weight excluding hydrogens is 340 g/mol. The summed E-state index contributed by atoms with van der Waals surface area (Å²) >= 11 is 0. The molecule has 0 aliphatic heterocycles. The number of rotatable bonds is 2. The Labute approximate surface area is 156 Å². The Bertz CT molecular complexity index is 1130. The first-order valence-corrected chi connectivity index (χ1v) is 9.23. The lowest BCUT2D eigenvalue weighted by atomic mass is 9.80. The van der Waals surface area contributed by atoms with Crippen molar-refractivity contribution in [2.45, 2.75) is 44.2 Å². The number of fused-ring (bicyclic) bond motifs is 2. The molecule has 4 aromatic heterocycles. The maximum atomic E-state index is 6.60. The smallest absolute Gasteiger partial charge is 0.233 e. The van der Waals surface area contributed by atoms with Crippen molar-refractivity contribution in [3.63, 3.8) is 0 Å². The topological polar surface area (TPSA) is 112 Å². The molecule has 0 unspecified atom stereocenters. The van der Waals surface area contributed by atoms with Gasteiger partial charge in [0.05, 0.1) is 23.4 Å². The molecule has 1 aliphatic rings. The van der Waals surface area contributed by atoms with E-state index in [1.54, 1.807) is 0 Å². The lowest BCUT2D eigenvalue weighted by Crippen LogP contribution is -2.45. The van der Waals surface area contributed by atoms with Gasteiger partial charge in [-0.15, -0.1) is 0 Å². The van der Waals surface area contributed by atoms with Crippen LogP contribution in [0.3, 0.4) is 0 Å². The summed E-state index contributed by atoms with van der Waals surface area (Å²) in [5, 5.41) is 4.71. The summed E-state index contributed by atoms with van der Waals surface area (Å²) in [6.07, 6.45) is 12.9. The average molecular weight is 362 g/mol. The Balaban J connectivity index is 1.56. The lowest BCUT2D eigenvalue weighted by Gasteiger charge is -2.34. The third kappa shape index (κ3) is 2.60. The van der Waals surface area contributed by atoms with E-state index in [0.717, 1.165) is 48.0 Å². The van der Waals surface area contributed by atoms with Gasteiger partial charge in [-0.2, -0.15) is 5.10 Å². The van der Waals surface area contributed by atoms with Gasteiger partial charge in [0.1, 0.15) is 0 Å². The number of nitrogens with two attached hydrogens (primary N) is 2. The van der Waals surface area contributed by atoms with Crippen LogP contribution in [0.2, 0.25) is 0 Å². The number of imidazole rings is 1. The molecule has 0 atom stereocenters. The van der Waals surface area contributed by atoms with Crippen molar-refractivity contribution in [2.24, 2.45) is 11.5 Å². The molecule has 0 amide bonds. The van der Waals surface area contributed by atoms with E-state index >= 15 is 0 Å². The number of hydrogen-bond acceptors (Lipinski definition) is 6. The summed E-state index contributed by atoms with van der Waals surface area (Å²) in [5.41, 5.74) is 16.1. The molecule has 8 nitrogen and oxygen atoms in total. The minimum Gasteiger partial charge on any atom is -0.328 e. The average Bonchev–Trinajstić information content (AvgIpc) is 3.27. The Hall–Kier alpha value is -2.84. The van der Waals surface area contributed by atoms with Crippen LogP contribution >= 0.6 is 0 Å². The van der Waals surface area contributed by atoms with Crippen LogP contribution < -0.4 is 11.5 Å². The number of aryl methyl sites for hydroxylation is 1. The summed E-state index contributed by atoms with van der Waals surface area (Å²) in [5.74, 6) is 1.38. The SMILES string of the molecule is Cc1cnc2ncc(-c3ccn4nc(C5(N)CCC(N)CC5)ncc34)cn12. The number of aromatic nitrogens is 6. The first kappa shape index (κ1) is 16.3. The van der Waals surface area contributed by atoms with Crippen LogP contribution in [0, 0.1) is 6.92 Å². The van der Waals surface area contributed by atoms with Crippen LogP contribution in [0.25, 0.3) is 22.4 Å². The molecule has 4 heterocycles. The second-order valence-corrected chi connectivity index (χ2v) is 7.55. The largest absolute Gasteiger partial charge is 0.328 e. The summed E-state index contributed by atoms with van der Waals surface area (Å²) < 4.78 is 3.83. The van der Waals surface area contributed by atoms with Crippen LogP contribution in [0.15, 0.2) is 37.1 Å². The van der Waals surface area contributed by atoms with Crippen LogP contribution in [0.4, 0.5) is 0 Å². The van der Waals surface area contributed by atoms with Crippen LogP contribution in [0.1, 0.15) is 37.2 Å². The highest BCUT2D eigenvalue weighted by atomic mass is 15.3. The molecule has 0 aromatic carbocycles. The Morgan fingerprint density at radius 1 is 1.11 bits per heavy atom. The van der Waals surface area contributed by atoms with Crippen molar-refractivity contribution >= 4 is 11.3 Å². The normalized spacial score (nSPS) is 23.3. The number of nitrogens with zero attached hydrogens (tertiary/aromatic N) is 6. The fourth-order valence-corrected chi connectivity index (χ4v) is 3.88. The summed E-state index contributed by atoms with van der Waals surface area (Å²) in [6, 6.07) is 2.26. The van der Waals surface area contributed by atoms with Crippen molar-refractivity contribution in [3.8, 4) is 11.1 Å². The Kier molecular flexibility index (Phi) is 3.53. The van der Waals surface area contributed by atoms with Crippen LogP contribution in [-0.2, 0) is 5.54 Å². The molecular formula is C19H22N8. The first-order valence-electron chi connectivity index (χ1n) is 9.23. The molecule has 0 spiro atoms. The van der Waals surface area contributed by atoms with Gasteiger partial charge in [-0.05, 0) is 38.7 Å². The maximum Gasteiger partial charge on any atom is 0.233 e. The van der Waals surface area contributed by atoms with E-state index in [2.05, 4.69) is 15.0 Å². The van der Waals surface area contributed by atoms with E-state index in [9.17, 15) is 0 Å². The number of hydrogen-bond donors (Lipinski definition) is 2. The first-order chi connectivity index (χ1) is 13.0. The van der Waals surface area contributed by atoms with Gasteiger partial charge in [-0.1, -0.05) is 0 Å². The van der Waals surface area contributed by atoms with E-state index in [4.69, 9.17) is 16.6 Å². The highest BCUT2D eigenvalue weighted by Crippen LogP contribution is 2.33. The van der Waals surface area contributed by atoms with Crippen molar-refractivity contribution in [1.29, 1.82) is 0 Å². The monoisotopic (exact) mass is 362 g/mol. The van der Waals surface area contributed by atoms with Gasteiger partial charge in [0.25, 0.3) is 0 Å². The van der Waals surface area contributed by atoms with Gasteiger partial charge in [0, 0.05) is 41.5 Å². The molecule has 1 fully saturated rings. The van der Waals surface area contributed by atoms with Gasteiger partial charge < -0.3 is 11.5 Å². The molecule has 5 rings (SSSR count). The van der Waals surface area contributed by atoms with Gasteiger partial charge in [-0.3, -0.25) is 4.40 Å². The molecule has 0 bridgehead atoms. The third-order valence-electron chi connectivity index (χ3n) is 5.65. The van der Waals surface area contributed by atoms with E-state index in [1.165, 1.54) is 0 Å². The Morgan fingerprint density at radius 2 is 1.89 bits per heavy atom. The minimum atomic E-state index is -0.497. The molecule has 1 saturated carbocycles. The van der Waals surface area contributed by atoms with Crippen molar-refractivity contribution in [2.75, 3.05) is 0 Å². The fraction of sp³-hybridized carbons (Fsp3) is 0.368. The van der Waals surface area contributed by atoms with Gasteiger partial charge in [0.2, 0.25) is 5.78 Å². The quantitative estimate of drug-likeness (QED) is 0.562. The zero-order valence-electron chi connectivity index (χ0n) is 15.2. The van der Waals surface area contributed by atoms with Gasteiger partial charge in [0.15, 0.2) is 5.82 Å². The molecule has 8 heteroatoms. The minimum absolute atomic E-state index is 0.234. The molecule has 0 radical (unpaired) electrons. The molecule has 4 aromatic rings. The second kappa shape index (κ2) is 5.83. The van der Waals surface area contributed by atoms with Crippen molar-refractivity contribution < 1.29 is 0 Å². The predicted octanol–water partition coefficient (Wildman–Crippen LogP) is 1.80. The molecule has 4 N–H and O–H groups in total. The fourth-order valence-electron chi connectivity index (χ4n) is 3.88. The zero-order valence-corrected chi connectivity index (χ0v) is 15.2. The van der Waals surface area contributed by atoms with Crippen molar-refractivity contribution in [3.05, 3.63) is 48.6 Å². The molecule has 27 heavy (non-hydrogen) atoms. The molecule has 0 saturated heterocycles. The summed E-state index contributed by atoms with van der Waals surface area (Å²) in [6.45, 7) is 2.01. The summed E-state index contributed by atoms with van der Waals surface area (Å²) in [4.78, 5) is 13.3. The summed E-state index contributed by atoms with van der Waals surface area (Å²) in [7, 11) is 0. The Morgan fingerprint density at radius 3 is 2.70 bits per heavy atom. The standard InChI is InChI=1S/C19H22N8/c1-12-8-23-18-24-9-13(11-26(12)18)15-4-7-27-16(15)10-22-17(25-27)19(21)5-2-14(20)3-6-19/h4,7-11,14H,2-3,5-6,20-21H2,1H3. The highest BCUT2D eigenvalue weighted by molar-refractivity contribution is 5.79. The van der Waals surface area contributed by atoms with Crippen molar-refractivity contribution in [1.82, 2.24) is 29.0 Å².